The lowest BCUT2D eigenvalue weighted by molar-refractivity contribution is -0.160. The van der Waals surface area contributed by atoms with Crippen LogP contribution < -0.4 is 0 Å². The van der Waals surface area contributed by atoms with Crippen LogP contribution in [-0.2, 0) is 36.9 Å². The predicted octanol–water partition coefficient (Wildman–Crippen LogP) is 5.72. The van der Waals surface area contributed by atoms with Crippen LogP contribution in [0.15, 0.2) is 103 Å². The number of ether oxygens (including phenoxy) is 1. The van der Waals surface area contributed by atoms with Crippen molar-refractivity contribution in [3.8, 4) is 0 Å². The van der Waals surface area contributed by atoms with E-state index >= 15 is 0 Å². The van der Waals surface area contributed by atoms with Gasteiger partial charge in [0.1, 0.15) is 0 Å². The quantitative estimate of drug-likeness (QED) is 0.203. The molecule has 1 unspecified atom stereocenters. The molecule has 0 bridgehead atoms. The molecule has 3 rings (SSSR count). The van der Waals surface area contributed by atoms with Crippen molar-refractivity contribution in [2.75, 3.05) is 0 Å². The number of carbonyl (C=O) groups excluding carboxylic acids is 2. The van der Waals surface area contributed by atoms with Gasteiger partial charge in [-0.05, 0) is 30.0 Å². The number of esters is 1. The molecule has 0 spiro atoms. The summed E-state index contributed by atoms with van der Waals surface area (Å²) >= 11 is 0. The molecule has 0 N–H and O–H groups in total. The standard InChI is InChI=1S/C29H32O4Si/c1-4-27(32-28(30)23(2)3)29(31)33-34(20-24-14-8-5-9-15-24,21-25-16-10-6-11-17-25)22-26-18-12-7-13-19-26/h5-19,27H,2,4,20-22H2,1,3H3. The molecule has 3 aromatic rings. The summed E-state index contributed by atoms with van der Waals surface area (Å²) in [6, 6.07) is 32.4. The summed E-state index contributed by atoms with van der Waals surface area (Å²) in [7, 11) is -2.80. The molecule has 0 fully saturated rings. The normalized spacial score (nSPS) is 11.9. The second kappa shape index (κ2) is 12.1. The van der Waals surface area contributed by atoms with Gasteiger partial charge >= 0.3 is 11.9 Å². The molecule has 0 saturated carbocycles. The first-order valence-electron chi connectivity index (χ1n) is 11.6. The van der Waals surface area contributed by atoms with Crippen LogP contribution in [0.4, 0.5) is 0 Å². The predicted molar refractivity (Wildman–Crippen MR) is 137 cm³/mol. The van der Waals surface area contributed by atoms with Gasteiger partial charge in [0.2, 0.25) is 0 Å². The Morgan fingerprint density at radius 1 is 0.765 bits per heavy atom. The maximum Gasteiger partial charge on any atom is 0.334 e. The fourth-order valence-corrected chi connectivity index (χ4v) is 8.10. The van der Waals surface area contributed by atoms with Gasteiger partial charge in [-0.1, -0.05) is 104 Å². The molecule has 34 heavy (non-hydrogen) atoms. The number of rotatable bonds is 11. The summed E-state index contributed by atoms with van der Waals surface area (Å²) in [5.74, 6) is -1.06. The van der Waals surface area contributed by atoms with E-state index in [2.05, 4.69) is 43.0 Å². The first kappa shape index (κ1) is 25.2. The highest BCUT2D eigenvalue weighted by Gasteiger charge is 2.41. The highest BCUT2D eigenvalue weighted by atomic mass is 28.4. The van der Waals surface area contributed by atoms with Crippen molar-refractivity contribution in [3.63, 3.8) is 0 Å². The van der Waals surface area contributed by atoms with E-state index in [4.69, 9.17) is 9.16 Å². The Labute approximate surface area is 203 Å². The van der Waals surface area contributed by atoms with Crippen molar-refractivity contribution < 1.29 is 18.8 Å². The number of carbonyl (C=O) groups is 2. The minimum Gasteiger partial charge on any atom is -0.515 e. The molecular weight excluding hydrogens is 440 g/mol. The molecule has 0 radical (unpaired) electrons. The van der Waals surface area contributed by atoms with E-state index in [1.54, 1.807) is 6.92 Å². The van der Waals surface area contributed by atoms with Crippen molar-refractivity contribution in [3.05, 3.63) is 120 Å². The number of benzene rings is 3. The Hall–Kier alpha value is -3.44. The zero-order valence-electron chi connectivity index (χ0n) is 19.9. The fourth-order valence-electron chi connectivity index (χ4n) is 4.01. The minimum atomic E-state index is -2.80. The van der Waals surface area contributed by atoms with E-state index in [9.17, 15) is 9.59 Å². The van der Waals surface area contributed by atoms with Crippen molar-refractivity contribution in [2.24, 2.45) is 0 Å². The average Bonchev–Trinajstić information content (AvgIpc) is 2.84. The molecule has 0 aliphatic carbocycles. The second-order valence-electron chi connectivity index (χ2n) is 8.67. The van der Waals surface area contributed by atoms with E-state index in [1.807, 2.05) is 61.5 Å². The molecule has 176 valence electrons. The van der Waals surface area contributed by atoms with Crippen molar-refractivity contribution in [1.82, 2.24) is 0 Å². The monoisotopic (exact) mass is 472 g/mol. The van der Waals surface area contributed by atoms with Crippen LogP contribution in [0, 0.1) is 0 Å². The summed E-state index contributed by atoms with van der Waals surface area (Å²) < 4.78 is 11.9. The third-order valence-corrected chi connectivity index (χ3v) is 9.45. The molecule has 0 saturated heterocycles. The molecule has 5 heteroatoms. The van der Waals surface area contributed by atoms with Crippen LogP contribution in [0.2, 0.25) is 0 Å². The van der Waals surface area contributed by atoms with Gasteiger partial charge < -0.3 is 9.16 Å². The summed E-state index contributed by atoms with van der Waals surface area (Å²) in [5, 5.41) is 0. The number of hydrogen-bond donors (Lipinski definition) is 0. The second-order valence-corrected chi connectivity index (χ2v) is 12.3. The summed E-state index contributed by atoms with van der Waals surface area (Å²) in [6.45, 7) is 7.01. The first-order chi connectivity index (χ1) is 16.4. The molecule has 0 amide bonds. The fraction of sp³-hybridized carbons (Fsp3) is 0.241. The zero-order valence-corrected chi connectivity index (χ0v) is 20.9. The summed E-state index contributed by atoms with van der Waals surface area (Å²) in [5.41, 5.74) is 3.63. The highest BCUT2D eigenvalue weighted by molar-refractivity contribution is 6.73. The lowest BCUT2D eigenvalue weighted by Gasteiger charge is -2.33. The summed E-state index contributed by atoms with van der Waals surface area (Å²) in [6.07, 6.45) is -0.622. The molecular formula is C29H32O4Si. The third kappa shape index (κ3) is 7.29. The van der Waals surface area contributed by atoms with Crippen molar-refractivity contribution >= 4 is 20.3 Å². The van der Waals surface area contributed by atoms with E-state index < -0.39 is 26.4 Å². The Morgan fingerprint density at radius 2 is 1.15 bits per heavy atom. The van der Waals surface area contributed by atoms with Crippen LogP contribution in [0.5, 0.6) is 0 Å². The highest BCUT2D eigenvalue weighted by Crippen LogP contribution is 2.25. The van der Waals surface area contributed by atoms with Gasteiger partial charge in [-0.3, -0.25) is 0 Å². The smallest absolute Gasteiger partial charge is 0.334 e. The molecule has 0 aliphatic heterocycles. The molecule has 1 atom stereocenters. The van der Waals surface area contributed by atoms with Crippen LogP contribution in [-0.4, -0.2) is 26.4 Å². The van der Waals surface area contributed by atoms with Crippen LogP contribution in [0.3, 0.4) is 0 Å². The van der Waals surface area contributed by atoms with E-state index in [0.29, 0.717) is 24.6 Å². The van der Waals surface area contributed by atoms with E-state index in [1.165, 1.54) is 0 Å². The van der Waals surface area contributed by atoms with Crippen LogP contribution in [0.25, 0.3) is 0 Å². The lowest BCUT2D eigenvalue weighted by atomic mass is 10.2. The maximum absolute atomic E-state index is 13.4. The van der Waals surface area contributed by atoms with Gasteiger partial charge in [0, 0.05) is 23.7 Å². The van der Waals surface area contributed by atoms with Gasteiger partial charge in [-0.2, -0.15) is 0 Å². The molecule has 4 nitrogen and oxygen atoms in total. The van der Waals surface area contributed by atoms with Crippen LogP contribution in [0.1, 0.15) is 37.0 Å². The maximum atomic E-state index is 13.4. The van der Waals surface area contributed by atoms with Gasteiger partial charge in [-0.25, -0.2) is 9.59 Å². The van der Waals surface area contributed by atoms with Gasteiger partial charge in [0.05, 0.1) is 0 Å². The van der Waals surface area contributed by atoms with Gasteiger partial charge in [0.25, 0.3) is 8.32 Å². The van der Waals surface area contributed by atoms with Crippen molar-refractivity contribution in [1.29, 1.82) is 0 Å². The van der Waals surface area contributed by atoms with E-state index in [0.717, 1.165) is 16.7 Å². The SMILES string of the molecule is C=C(C)C(=O)OC(CC)C(=O)O[Si](Cc1ccccc1)(Cc1ccccc1)Cc1ccccc1. The molecule has 0 heterocycles. The lowest BCUT2D eigenvalue weighted by Crippen LogP contribution is -2.51. The van der Waals surface area contributed by atoms with Crippen molar-refractivity contribution in [2.45, 2.75) is 44.5 Å². The largest absolute Gasteiger partial charge is 0.515 e. The molecule has 0 aliphatic rings. The Morgan fingerprint density at radius 3 is 1.47 bits per heavy atom. The summed E-state index contributed by atoms with van der Waals surface area (Å²) in [4.78, 5) is 25.6. The molecule has 3 aromatic carbocycles. The average molecular weight is 473 g/mol. The molecule has 0 aromatic heterocycles. The van der Waals surface area contributed by atoms with E-state index in [-0.39, 0.29) is 5.57 Å². The Kier molecular flexibility index (Phi) is 8.99. The van der Waals surface area contributed by atoms with Crippen LogP contribution >= 0.6 is 0 Å². The Balaban J connectivity index is 2.00. The number of hydrogen-bond acceptors (Lipinski definition) is 4. The minimum absolute atomic E-state index is 0.257. The van der Waals surface area contributed by atoms with Gasteiger partial charge in [0.15, 0.2) is 6.10 Å². The Bertz CT molecular complexity index is 979. The topological polar surface area (TPSA) is 52.6 Å². The van der Waals surface area contributed by atoms with Gasteiger partial charge in [-0.15, -0.1) is 0 Å². The zero-order chi connectivity index (χ0) is 24.4. The third-order valence-electron chi connectivity index (χ3n) is 5.66. The first-order valence-corrected chi connectivity index (χ1v) is 14.1.